The van der Waals surface area contributed by atoms with Gasteiger partial charge in [-0.05, 0) is 11.5 Å². The second kappa shape index (κ2) is 4.29. The average Bonchev–Trinajstić information content (AvgIpc) is 2.13. The molecule has 0 spiro atoms. The number of hydrogen-bond acceptors (Lipinski definition) is 1. The van der Waals surface area contributed by atoms with E-state index in [0.717, 1.165) is 6.07 Å². The van der Waals surface area contributed by atoms with E-state index < -0.39 is 29.1 Å². The Morgan fingerprint density at radius 2 is 1.65 bits per heavy atom. The topological polar surface area (TPSA) is 20.2 Å². The van der Waals surface area contributed by atoms with Crippen LogP contribution in [0.3, 0.4) is 0 Å². The quantitative estimate of drug-likeness (QED) is 0.749. The minimum atomic E-state index is -4.75. The first kappa shape index (κ1) is 14.0. The Labute approximate surface area is 97.1 Å². The highest BCUT2D eigenvalue weighted by molar-refractivity contribution is 5.30. The minimum Gasteiger partial charge on any atom is -0.388 e. The standard InChI is InChI=1S/C12H14F4O/c1-11(2,3)10(17)7-5-4-6-8(9(7)13)12(14,15)16/h4-6,10,17H,1-3H3. The van der Waals surface area contributed by atoms with Crippen LogP contribution < -0.4 is 0 Å². The molecule has 0 aliphatic rings. The van der Waals surface area contributed by atoms with Crippen molar-refractivity contribution >= 4 is 0 Å². The van der Waals surface area contributed by atoms with Gasteiger partial charge in [-0.15, -0.1) is 0 Å². The summed E-state index contributed by atoms with van der Waals surface area (Å²) in [6.45, 7) is 4.87. The third kappa shape index (κ3) is 2.97. The number of hydrogen-bond donors (Lipinski definition) is 1. The minimum absolute atomic E-state index is 0.327. The summed E-state index contributed by atoms with van der Waals surface area (Å²) in [5.74, 6) is -1.40. The molecule has 1 rings (SSSR count). The van der Waals surface area contributed by atoms with Gasteiger partial charge in [0.25, 0.3) is 0 Å². The number of halogens is 4. The summed E-state index contributed by atoms with van der Waals surface area (Å²) in [5, 5.41) is 9.82. The Bertz CT molecular complexity index is 404. The van der Waals surface area contributed by atoms with Crippen molar-refractivity contribution < 1.29 is 22.7 Å². The van der Waals surface area contributed by atoms with Crippen LogP contribution in [-0.2, 0) is 6.18 Å². The van der Waals surface area contributed by atoms with Crippen LogP contribution in [0, 0.1) is 11.2 Å². The molecule has 5 heteroatoms. The number of aliphatic hydroxyl groups is 1. The van der Waals surface area contributed by atoms with Gasteiger partial charge < -0.3 is 5.11 Å². The fourth-order valence-corrected chi connectivity index (χ4v) is 1.45. The molecule has 0 aliphatic carbocycles. The summed E-state index contributed by atoms with van der Waals surface area (Å²) in [7, 11) is 0. The highest BCUT2D eigenvalue weighted by atomic mass is 19.4. The third-order valence-corrected chi connectivity index (χ3v) is 2.45. The van der Waals surface area contributed by atoms with Gasteiger partial charge in [-0.3, -0.25) is 0 Å². The molecule has 1 aromatic carbocycles. The molecule has 1 nitrogen and oxygen atoms in total. The molecule has 1 aromatic rings. The SMILES string of the molecule is CC(C)(C)C(O)c1cccc(C(F)(F)F)c1F. The number of rotatable bonds is 1. The van der Waals surface area contributed by atoms with E-state index >= 15 is 0 Å². The van der Waals surface area contributed by atoms with Crippen LogP contribution in [-0.4, -0.2) is 5.11 Å². The van der Waals surface area contributed by atoms with Crippen molar-refractivity contribution in [3.05, 3.63) is 35.1 Å². The zero-order chi connectivity index (χ0) is 13.4. The molecule has 0 aromatic heterocycles. The second-order valence-corrected chi connectivity index (χ2v) is 4.98. The summed E-state index contributed by atoms with van der Waals surface area (Å²) < 4.78 is 51.1. The van der Waals surface area contributed by atoms with Gasteiger partial charge in [0.1, 0.15) is 5.82 Å². The van der Waals surface area contributed by atoms with Crippen LogP contribution in [0.2, 0.25) is 0 Å². The summed E-state index contributed by atoms with van der Waals surface area (Å²) in [6.07, 6.45) is -6.04. The smallest absolute Gasteiger partial charge is 0.388 e. The molecule has 1 atom stereocenters. The van der Waals surface area contributed by atoms with Crippen molar-refractivity contribution in [1.82, 2.24) is 0 Å². The summed E-state index contributed by atoms with van der Waals surface area (Å²) >= 11 is 0. The summed E-state index contributed by atoms with van der Waals surface area (Å²) in [5.41, 5.74) is -2.41. The highest BCUT2D eigenvalue weighted by Gasteiger charge is 2.37. The molecular weight excluding hydrogens is 236 g/mol. The molecule has 0 aliphatic heterocycles. The van der Waals surface area contributed by atoms with Gasteiger partial charge in [0, 0.05) is 5.56 Å². The first-order chi connectivity index (χ1) is 7.55. The molecule has 17 heavy (non-hydrogen) atoms. The molecule has 0 amide bonds. The van der Waals surface area contributed by atoms with E-state index in [4.69, 9.17) is 0 Å². The number of alkyl halides is 3. The first-order valence-electron chi connectivity index (χ1n) is 5.09. The lowest BCUT2D eigenvalue weighted by molar-refractivity contribution is -0.140. The van der Waals surface area contributed by atoms with Gasteiger partial charge in [0.05, 0.1) is 11.7 Å². The fourth-order valence-electron chi connectivity index (χ4n) is 1.45. The van der Waals surface area contributed by atoms with Gasteiger partial charge in [0.2, 0.25) is 0 Å². The molecule has 0 heterocycles. The molecule has 0 radical (unpaired) electrons. The molecular formula is C12H14F4O. The summed E-state index contributed by atoms with van der Waals surface area (Å²) in [4.78, 5) is 0. The molecule has 0 bridgehead atoms. The first-order valence-corrected chi connectivity index (χ1v) is 5.09. The van der Waals surface area contributed by atoms with Crippen molar-refractivity contribution in [2.45, 2.75) is 33.1 Å². The van der Waals surface area contributed by atoms with Gasteiger partial charge in [-0.1, -0.05) is 32.9 Å². The molecule has 96 valence electrons. The van der Waals surface area contributed by atoms with Crippen LogP contribution in [0.5, 0.6) is 0 Å². The lowest BCUT2D eigenvalue weighted by atomic mass is 9.84. The van der Waals surface area contributed by atoms with Crippen molar-refractivity contribution in [3.63, 3.8) is 0 Å². The molecule has 0 saturated heterocycles. The van der Waals surface area contributed by atoms with E-state index in [1.165, 1.54) is 6.07 Å². The van der Waals surface area contributed by atoms with Crippen LogP contribution in [0.4, 0.5) is 17.6 Å². The van der Waals surface area contributed by atoms with E-state index in [2.05, 4.69) is 0 Å². The van der Waals surface area contributed by atoms with Crippen LogP contribution in [0.1, 0.15) is 38.0 Å². The highest BCUT2D eigenvalue weighted by Crippen LogP contribution is 2.38. The predicted molar refractivity (Wildman–Crippen MR) is 55.8 cm³/mol. The fraction of sp³-hybridized carbons (Fsp3) is 0.500. The van der Waals surface area contributed by atoms with Crippen molar-refractivity contribution in [3.8, 4) is 0 Å². The maximum Gasteiger partial charge on any atom is 0.419 e. The van der Waals surface area contributed by atoms with E-state index in [1.54, 1.807) is 20.8 Å². The third-order valence-electron chi connectivity index (χ3n) is 2.45. The van der Waals surface area contributed by atoms with Crippen LogP contribution in [0.25, 0.3) is 0 Å². The van der Waals surface area contributed by atoms with Crippen LogP contribution >= 0.6 is 0 Å². The summed E-state index contributed by atoms with van der Waals surface area (Å²) in [6, 6.07) is 2.92. The number of aliphatic hydroxyl groups excluding tert-OH is 1. The largest absolute Gasteiger partial charge is 0.419 e. The Hall–Kier alpha value is -1.10. The van der Waals surface area contributed by atoms with Gasteiger partial charge in [-0.2, -0.15) is 13.2 Å². The molecule has 1 unspecified atom stereocenters. The molecule has 0 saturated carbocycles. The van der Waals surface area contributed by atoms with Gasteiger partial charge >= 0.3 is 6.18 Å². The van der Waals surface area contributed by atoms with Crippen molar-refractivity contribution in [1.29, 1.82) is 0 Å². The predicted octanol–water partition coefficient (Wildman–Crippen LogP) is 3.92. The lowest BCUT2D eigenvalue weighted by Crippen LogP contribution is -2.20. The zero-order valence-electron chi connectivity index (χ0n) is 9.77. The second-order valence-electron chi connectivity index (χ2n) is 4.98. The van der Waals surface area contributed by atoms with Crippen molar-refractivity contribution in [2.75, 3.05) is 0 Å². The van der Waals surface area contributed by atoms with E-state index in [-0.39, 0.29) is 5.56 Å². The molecule has 1 N–H and O–H groups in total. The average molecular weight is 250 g/mol. The zero-order valence-corrected chi connectivity index (χ0v) is 9.77. The van der Waals surface area contributed by atoms with Crippen LogP contribution in [0.15, 0.2) is 18.2 Å². The Morgan fingerprint density at radius 3 is 2.06 bits per heavy atom. The number of benzene rings is 1. The van der Waals surface area contributed by atoms with Crippen molar-refractivity contribution in [2.24, 2.45) is 5.41 Å². The maximum atomic E-state index is 13.7. The maximum absolute atomic E-state index is 13.7. The van der Waals surface area contributed by atoms with E-state index in [9.17, 15) is 22.7 Å². The Kier molecular flexibility index (Phi) is 3.52. The lowest BCUT2D eigenvalue weighted by Gasteiger charge is -2.27. The van der Waals surface area contributed by atoms with Gasteiger partial charge in [0.15, 0.2) is 0 Å². The normalized spacial score (nSPS) is 14.8. The Balaban J connectivity index is 3.30. The van der Waals surface area contributed by atoms with E-state index in [1.807, 2.05) is 0 Å². The Morgan fingerprint density at radius 1 is 1.12 bits per heavy atom. The molecule has 0 fully saturated rings. The van der Waals surface area contributed by atoms with Gasteiger partial charge in [-0.25, -0.2) is 4.39 Å². The monoisotopic (exact) mass is 250 g/mol. The van der Waals surface area contributed by atoms with E-state index in [0.29, 0.717) is 6.07 Å².